The lowest BCUT2D eigenvalue weighted by Crippen LogP contribution is -2.60. The van der Waals surface area contributed by atoms with E-state index in [9.17, 15) is 9.59 Å². The third-order valence-electron chi connectivity index (χ3n) is 5.04. The summed E-state index contributed by atoms with van der Waals surface area (Å²) in [6.45, 7) is 6.39. The van der Waals surface area contributed by atoms with E-state index in [0.29, 0.717) is 19.8 Å². The first kappa shape index (κ1) is 14.8. The van der Waals surface area contributed by atoms with E-state index in [1.807, 2.05) is 4.90 Å². The number of piperazine rings is 1. The first-order valence-electron chi connectivity index (χ1n) is 8.04. The molecule has 118 valence electrons. The summed E-state index contributed by atoms with van der Waals surface area (Å²) < 4.78 is 5.41. The van der Waals surface area contributed by atoms with Gasteiger partial charge in [-0.2, -0.15) is 0 Å². The number of rotatable bonds is 2. The van der Waals surface area contributed by atoms with Crippen molar-refractivity contribution < 1.29 is 14.3 Å². The average Bonchev–Trinajstić information content (AvgIpc) is 2.45. The number of amides is 2. The van der Waals surface area contributed by atoms with E-state index < -0.39 is 6.04 Å². The SMILES string of the molecule is CC(=O)N1CCOCC1C(=O)N1CCN(C2CCC2)CC1. The molecule has 2 heterocycles. The van der Waals surface area contributed by atoms with Crippen LogP contribution in [-0.4, -0.2) is 84.5 Å². The lowest BCUT2D eigenvalue weighted by molar-refractivity contribution is -0.154. The zero-order valence-electron chi connectivity index (χ0n) is 12.8. The molecule has 3 aliphatic rings. The zero-order valence-corrected chi connectivity index (χ0v) is 12.8. The maximum absolute atomic E-state index is 12.7. The van der Waals surface area contributed by atoms with Gasteiger partial charge in [-0.05, 0) is 12.8 Å². The first-order valence-corrected chi connectivity index (χ1v) is 8.04. The predicted molar refractivity (Wildman–Crippen MR) is 77.8 cm³/mol. The number of carbonyl (C=O) groups is 2. The summed E-state index contributed by atoms with van der Waals surface area (Å²) >= 11 is 0. The Kier molecular flexibility index (Phi) is 4.45. The molecule has 0 aromatic heterocycles. The van der Waals surface area contributed by atoms with Crippen molar-refractivity contribution in [2.75, 3.05) is 45.9 Å². The minimum atomic E-state index is -0.425. The summed E-state index contributed by atoms with van der Waals surface area (Å²) in [5.74, 6) is 0.0166. The Morgan fingerprint density at radius 3 is 2.33 bits per heavy atom. The molecule has 0 aromatic carbocycles. The van der Waals surface area contributed by atoms with E-state index in [1.54, 1.807) is 4.90 Å². The highest BCUT2D eigenvalue weighted by molar-refractivity contribution is 5.87. The van der Waals surface area contributed by atoms with Crippen LogP contribution in [0.1, 0.15) is 26.2 Å². The number of nitrogens with zero attached hydrogens (tertiary/aromatic N) is 3. The molecule has 1 unspecified atom stereocenters. The molecule has 6 nitrogen and oxygen atoms in total. The molecule has 6 heteroatoms. The van der Waals surface area contributed by atoms with E-state index in [1.165, 1.54) is 26.2 Å². The smallest absolute Gasteiger partial charge is 0.247 e. The highest BCUT2D eigenvalue weighted by Gasteiger charge is 2.36. The second-order valence-corrected chi connectivity index (χ2v) is 6.25. The number of hydrogen-bond donors (Lipinski definition) is 0. The summed E-state index contributed by atoms with van der Waals surface area (Å²) in [5.41, 5.74) is 0. The Labute approximate surface area is 126 Å². The molecule has 0 bridgehead atoms. The second kappa shape index (κ2) is 6.32. The molecule has 1 saturated carbocycles. The van der Waals surface area contributed by atoms with E-state index in [2.05, 4.69) is 4.90 Å². The molecule has 2 saturated heterocycles. The molecule has 0 aromatic rings. The van der Waals surface area contributed by atoms with Crippen LogP contribution in [0.2, 0.25) is 0 Å². The van der Waals surface area contributed by atoms with Crippen molar-refractivity contribution in [1.29, 1.82) is 0 Å². The van der Waals surface area contributed by atoms with Crippen LogP contribution in [-0.2, 0) is 14.3 Å². The van der Waals surface area contributed by atoms with Crippen molar-refractivity contribution in [3.05, 3.63) is 0 Å². The van der Waals surface area contributed by atoms with Crippen LogP contribution in [0, 0.1) is 0 Å². The Balaban J connectivity index is 1.56. The molecular weight excluding hydrogens is 270 g/mol. The maximum Gasteiger partial charge on any atom is 0.247 e. The van der Waals surface area contributed by atoms with Crippen LogP contribution in [0.3, 0.4) is 0 Å². The van der Waals surface area contributed by atoms with Gasteiger partial charge in [0.05, 0.1) is 13.2 Å². The van der Waals surface area contributed by atoms with Crippen molar-refractivity contribution in [2.45, 2.75) is 38.3 Å². The largest absolute Gasteiger partial charge is 0.377 e. The minimum absolute atomic E-state index is 0.0373. The van der Waals surface area contributed by atoms with E-state index >= 15 is 0 Å². The van der Waals surface area contributed by atoms with Gasteiger partial charge in [0.25, 0.3) is 0 Å². The lowest BCUT2D eigenvalue weighted by Gasteiger charge is -2.44. The van der Waals surface area contributed by atoms with E-state index in [-0.39, 0.29) is 11.8 Å². The number of morpholine rings is 1. The molecule has 3 fully saturated rings. The Morgan fingerprint density at radius 1 is 1.05 bits per heavy atom. The number of carbonyl (C=O) groups excluding carboxylic acids is 2. The van der Waals surface area contributed by atoms with Gasteiger partial charge in [-0.3, -0.25) is 14.5 Å². The topological polar surface area (TPSA) is 53.1 Å². The quantitative estimate of drug-likeness (QED) is 0.716. The van der Waals surface area contributed by atoms with Gasteiger partial charge < -0.3 is 14.5 Å². The van der Waals surface area contributed by atoms with Crippen molar-refractivity contribution in [1.82, 2.24) is 14.7 Å². The molecular formula is C15H25N3O3. The Morgan fingerprint density at radius 2 is 1.76 bits per heavy atom. The number of ether oxygens (including phenoxy) is 1. The van der Waals surface area contributed by atoms with Crippen LogP contribution in [0.25, 0.3) is 0 Å². The van der Waals surface area contributed by atoms with Crippen molar-refractivity contribution in [3.63, 3.8) is 0 Å². The fourth-order valence-corrected chi connectivity index (χ4v) is 3.46. The van der Waals surface area contributed by atoms with Crippen LogP contribution in [0.5, 0.6) is 0 Å². The molecule has 3 rings (SSSR count). The fraction of sp³-hybridized carbons (Fsp3) is 0.867. The maximum atomic E-state index is 12.7. The van der Waals surface area contributed by atoms with Gasteiger partial charge in [0, 0.05) is 45.7 Å². The summed E-state index contributed by atoms with van der Waals surface area (Å²) in [6, 6.07) is 0.320. The molecule has 0 radical (unpaired) electrons. The zero-order chi connectivity index (χ0) is 14.8. The third kappa shape index (κ3) is 3.06. The minimum Gasteiger partial charge on any atom is -0.377 e. The van der Waals surface area contributed by atoms with Crippen LogP contribution in [0.15, 0.2) is 0 Å². The summed E-state index contributed by atoms with van der Waals surface area (Å²) in [6.07, 6.45) is 3.96. The van der Waals surface area contributed by atoms with E-state index in [4.69, 9.17) is 4.74 Å². The van der Waals surface area contributed by atoms with Gasteiger partial charge >= 0.3 is 0 Å². The molecule has 1 aliphatic carbocycles. The molecule has 0 N–H and O–H groups in total. The predicted octanol–water partition coefficient (Wildman–Crippen LogP) is -0.0696. The molecule has 0 spiro atoms. The molecule has 2 amide bonds. The van der Waals surface area contributed by atoms with Gasteiger partial charge in [-0.25, -0.2) is 0 Å². The molecule has 21 heavy (non-hydrogen) atoms. The normalized spacial score (nSPS) is 28.3. The first-order chi connectivity index (χ1) is 10.2. The number of hydrogen-bond acceptors (Lipinski definition) is 4. The summed E-state index contributed by atoms with van der Waals surface area (Å²) in [5, 5.41) is 0. The second-order valence-electron chi connectivity index (χ2n) is 6.25. The van der Waals surface area contributed by atoms with Gasteiger partial charge in [-0.1, -0.05) is 6.42 Å². The third-order valence-corrected chi connectivity index (χ3v) is 5.04. The van der Waals surface area contributed by atoms with Crippen LogP contribution < -0.4 is 0 Å². The van der Waals surface area contributed by atoms with Crippen molar-refractivity contribution >= 4 is 11.8 Å². The van der Waals surface area contributed by atoms with Gasteiger partial charge in [0.15, 0.2) is 0 Å². The Hall–Kier alpha value is -1.14. The van der Waals surface area contributed by atoms with E-state index in [0.717, 1.165) is 32.2 Å². The van der Waals surface area contributed by atoms with Crippen LogP contribution in [0.4, 0.5) is 0 Å². The standard InChI is InChI=1S/C15H25N3O3/c1-12(19)18-9-10-21-11-14(18)15(20)17-7-5-16(6-8-17)13-3-2-4-13/h13-14H,2-11H2,1H3. The summed E-state index contributed by atoms with van der Waals surface area (Å²) in [4.78, 5) is 30.4. The lowest BCUT2D eigenvalue weighted by atomic mass is 9.91. The summed E-state index contributed by atoms with van der Waals surface area (Å²) in [7, 11) is 0. The average molecular weight is 295 g/mol. The van der Waals surface area contributed by atoms with Gasteiger partial charge in [0.2, 0.25) is 11.8 Å². The van der Waals surface area contributed by atoms with Crippen molar-refractivity contribution in [3.8, 4) is 0 Å². The van der Waals surface area contributed by atoms with Gasteiger partial charge in [-0.15, -0.1) is 0 Å². The van der Waals surface area contributed by atoms with Gasteiger partial charge in [0.1, 0.15) is 6.04 Å². The Bertz CT molecular complexity index is 403. The molecule has 2 aliphatic heterocycles. The van der Waals surface area contributed by atoms with Crippen LogP contribution >= 0.6 is 0 Å². The monoisotopic (exact) mass is 295 g/mol. The molecule has 1 atom stereocenters. The van der Waals surface area contributed by atoms with Crippen molar-refractivity contribution in [2.24, 2.45) is 0 Å². The fourth-order valence-electron chi connectivity index (χ4n) is 3.46. The highest BCUT2D eigenvalue weighted by atomic mass is 16.5. The highest BCUT2D eigenvalue weighted by Crippen LogP contribution is 2.25.